The molecule has 1 aliphatic heterocycles. The first-order chi connectivity index (χ1) is 9.34. The van der Waals surface area contributed by atoms with Crippen molar-refractivity contribution in [2.45, 2.75) is 18.9 Å². The molecule has 1 heterocycles. The number of hydrogen-bond donors (Lipinski definition) is 1. The van der Waals surface area contributed by atoms with Crippen LogP contribution in [0.5, 0.6) is 0 Å². The van der Waals surface area contributed by atoms with Gasteiger partial charge in [-0.25, -0.2) is 0 Å². The minimum Gasteiger partial charge on any atom is -0.312 e. The smallest absolute Gasteiger partial charge is 0.0590 e. The fraction of sp³-hybridized carbons (Fsp3) is 0.176. The summed E-state index contributed by atoms with van der Waals surface area (Å²) in [5, 5.41) is 0. The van der Waals surface area contributed by atoms with Gasteiger partial charge in [0.25, 0.3) is 0 Å². The Morgan fingerprint density at radius 1 is 1.00 bits per heavy atom. The van der Waals surface area contributed by atoms with Gasteiger partial charge in [0.05, 0.1) is 11.7 Å². The summed E-state index contributed by atoms with van der Waals surface area (Å²) in [6, 6.07) is 19.3. The van der Waals surface area contributed by atoms with Gasteiger partial charge in [0, 0.05) is 0 Å². The van der Waals surface area contributed by atoms with Crippen LogP contribution in [-0.4, -0.2) is 6.04 Å². The Labute approximate surface area is 120 Å². The lowest BCUT2D eigenvalue weighted by Gasteiger charge is -2.32. The lowest BCUT2D eigenvalue weighted by molar-refractivity contribution is 0.697. The van der Waals surface area contributed by atoms with Crippen molar-refractivity contribution >= 4 is 24.6 Å². The highest BCUT2D eigenvalue weighted by molar-refractivity contribution is 7.81. The maximum Gasteiger partial charge on any atom is 0.0590 e. The van der Waals surface area contributed by atoms with Crippen LogP contribution in [-0.2, 0) is 6.42 Å². The summed E-state index contributed by atoms with van der Waals surface area (Å²) in [6.07, 6.45) is 6.67. The summed E-state index contributed by atoms with van der Waals surface area (Å²) >= 11 is 4.66. The van der Waals surface area contributed by atoms with E-state index in [4.69, 9.17) is 0 Å². The lowest BCUT2D eigenvalue weighted by atomic mass is 9.97. The van der Waals surface area contributed by atoms with E-state index in [0.29, 0.717) is 6.04 Å². The van der Waals surface area contributed by atoms with E-state index in [1.165, 1.54) is 16.8 Å². The van der Waals surface area contributed by atoms with E-state index in [-0.39, 0.29) is 0 Å². The second-order valence-electron chi connectivity index (χ2n) is 4.85. The monoisotopic (exact) mass is 267 g/mol. The molecule has 0 fully saturated rings. The molecule has 0 N–H and O–H groups in total. The van der Waals surface area contributed by atoms with Gasteiger partial charge in [0.15, 0.2) is 0 Å². The number of benzene rings is 2. The molecule has 0 saturated carbocycles. The third-order valence-corrected chi connectivity index (χ3v) is 4.08. The van der Waals surface area contributed by atoms with Crippen molar-refractivity contribution in [1.29, 1.82) is 0 Å². The van der Waals surface area contributed by atoms with E-state index in [1.54, 1.807) is 0 Å². The van der Waals surface area contributed by atoms with E-state index in [9.17, 15) is 0 Å². The summed E-state index contributed by atoms with van der Waals surface area (Å²) in [5.41, 5.74) is 3.87. The molecule has 0 aliphatic carbocycles. The molecule has 0 saturated heterocycles. The number of fused-ring (bicyclic) bond motifs is 1. The SMILES string of the molecule is SN1c2ccccc2CCC1C=Cc1ccccc1. The second kappa shape index (κ2) is 5.54. The molecule has 1 aliphatic rings. The molecule has 0 bridgehead atoms. The largest absolute Gasteiger partial charge is 0.312 e. The van der Waals surface area contributed by atoms with Gasteiger partial charge < -0.3 is 4.31 Å². The fourth-order valence-electron chi connectivity index (χ4n) is 2.51. The van der Waals surface area contributed by atoms with Crippen molar-refractivity contribution in [2.75, 3.05) is 4.31 Å². The lowest BCUT2D eigenvalue weighted by Crippen LogP contribution is -2.30. The summed E-state index contributed by atoms with van der Waals surface area (Å²) in [4.78, 5) is 0. The van der Waals surface area contributed by atoms with Crippen LogP contribution in [0, 0.1) is 0 Å². The number of rotatable bonds is 2. The molecule has 1 unspecified atom stereocenters. The van der Waals surface area contributed by atoms with Gasteiger partial charge in [-0.3, -0.25) is 0 Å². The normalized spacial score (nSPS) is 18.6. The molecule has 2 aromatic carbocycles. The molecular weight excluding hydrogens is 250 g/mol. The molecule has 1 atom stereocenters. The topological polar surface area (TPSA) is 3.24 Å². The van der Waals surface area contributed by atoms with Crippen LogP contribution in [0.3, 0.4) is 0 Å². The Hall–Kier alpha value is -1.67. The van der Waals surface area contributed by atoms with Crippen molar-refractivity contribution in [3.05, 3.63) is 71.8 Å². The van der Waals surface area contributed by atoms with Crippen LogP contribution in [0.15, 0.2) is 60.7 Å². The number of hydrogen-bond acceptors (Lipinski definition) is 2. The van der Waals surface area contributed by atoms with Crippen LogP contribution in [0.4, 0.5) is 5.69 Å². The van der Waals surface area contributed by atoms with Crippen LogP contribution < -0.4 is 4.31 Å². The average Bonchev–Trinajstić information content (AvgIpc) is 2.48. The van der Waals surface area contributed by atoms with Crippen LogP contribution in [0.25, 0.3) is 6.08 Å². The number of anilines is 1. The minimum absolute atomic E-state index is 0.360. The highest BCUT2D eigenvalue weighted by Crippen LogP contribution is 2.32. The number of nitrogens with zero attached hydrogens (tertiary/aromatic N) is 1. The third-order valence-electron chi connectivity index (χ3n) is 3.57. The molecule has 96 valence electrons. The van der Waals surface area contributed by atoms with Crippen LogP contribution in [0.1, 0.15) is 17.5 Å². The van der Waals surface area contributed by atoms with E-state index in [0.717, 1.165) is 12.8 Å². The summed E-state index contributed by atoms with van der Waals surface area (Å²) < 4.78 is 2.08. The first-order valence-corrected chi connectivity index (χ1v) is 7.04. The Balaban J connectivity index is 1.79. The summed E-state index contributed by atoms with van der Waals surface area (Å²) in [7, 11) is 0. The first-order valence-electron chi connectivity index (χ1n) is 6.64. The number of thiol groups is 1. The average molecular weight is 267 g/mol. The molecule has 2 heteroatoms. The predicted octanol–water partition coefficient (Wildman–Crippen LogP) is 4.37. The van der Waals surface area contributed by atoms with Gasteiger partial charge in [0.1, 0.15) is 0 Å². The zero-order valence-corrected chi connectivity index (χ0v) is 11.6. The Morgan fingerprint density at radius 2 is 1.74 bits per heavy atom. The van der Waals surface area contributed by atoms with Gasteiger partial charge in [-0.05, 0) is 30.0 Å². The summed E-state index contributed by atoms with van der Waals surface area (Å²) in [5.74, 6) is 0. The summed E-state index contributed by atoms with van der Waals surface area (Å²) in [6.45, 7) is 0. The molecule has 19 heavy (non-hydrogen) atoms. The van der Waals surface area contributed by atoms with Crippen LogP contribution in [0.2, 0.25) is 0 Å². The minimum atomic E-state index is 0.360. The Bertz CT molecular complexity index is 577. The zero-order valence-electron chi connectivity index (χ0n) is 10.7. The molecular formula is C17H17NS. The molecule has 1 nitrogen and oxygen atoms in total. The maximum atomic E-state index is 4.66. The van der Waals surface area contributed by atoms with E-state index >= 15 is 0 Å². The van der Waals surface area contributed by atoms with Crippen molar-refractivity contribution in [3.63, 3.8) is 0 Å². The number of para-hydroxylation sites is 1. The van der Waals surface area contributed by atoms with Crippen molar-refractivity contribution in [3.8, 4) is 0 Å². The van der Waals surface area contributed by atoms with Gasteiger partial charge in [-0.1, -0.05) is 73.5 Å². The van der Waals surface area contributed by atoms with Crippen molar-refractivity contribution in [1.82, 2.24) is 0 Å². The molecule has 3 rings (SSSR count). The quantitative estimate of drug-likeness (QED) is 0.791. The Morgan fingerprint density at radius 3 is 2.58 bits per heavy atom. The van der Waals surface area contributed by atoms with Gasteiger partial charge in [0.2, 0.25) is 0 Å². The van der Waals surface area contributed by atoms with E-state index < -0.39 is 0 Å². The van der Waals surface area contributed by atoms with E-state index in [1.807, 2.05) is 6.07 Å². The highest BCUT2D eigenvalue weighted by atomic mass is 32.1. The zero-order chi connectivity index (χ0) is 13.1. The van der Waals surface area contributed by atoms with Crippen molar-refractivity contribution in [2.24, 2.45) is 0 Å². The number of aryl methyl sites for hydroxylation is 1. The molecule has 0 spiro atoms. The second-order valence-corrected chi connectivity index (χ2v) is 5.28. The van der Waals surface area contributed by atoms with Gasteiger partial charge in [-0.15, -0.1) is 0 Å². The molecule has 0 aromatic heterocycles. The molecule has 0 radical (unpaired) electrons. The Kier molecular flexibility index (Phi) is 3.60. The van der Waals surface area contributed by atoms with Crippen molar-refractivity contribution < 1.29 is 0 Å². The maximum absolute atomic E-state index is 4.66. The predicted molar refractivity (Wildman–Crippen MR) is 85.5 cm³/mol. The first kappa shape index (κ1) is 12.4. The molecule has 0 amide bonds. The van der Waals surface area contributed by atoms with Gasteiger partial charge in [-0.2, -0.15) is 0 Å². The standard InChI is InChI=1S/C17H17NS/c19-18-16(12-10-14-6-2-1-3-7-14)13-11-15-8-4-5-9-17(15)18/h1-10,12,16,19H,11,13H2. The molecule has 2 aromatic rings. The van der Waals surface area contributed by atoms with Crippen LogP contribution >= 0.6 is 12.8 Å². The highest BCUT2D eigenvalue weighted by Gasteiger charge is 2.21. The van der Waals surface area contributed by atoms with E-state index in [2.05, 4.69) is 77.8 Å². The van der Waals surface area contributed by atoms with Gasteiger partial charge >= 0.3 is 0 Å². The fourth-order valence-corrected chi connectivity index (χ4v) is 2.90. The third kappa shape index (κ3) is 2.69.